The molecule has 5 rings (SSSR count). The van der Waals surface area contributed by atoms with Gasteiger partial charge in [0, 0.05) is 43.8 Å². The quantitative estimate of drug-likeness (QED) is 0.461. The molecule has 0 aromatic heterocycles. The fraction of sp³-hybridized carbons (Fsp3) is 0.375. The monoisotopic (exact) mass is 527 g/mol. The highest BCUT2D eigenvalue weighted by molar-refractivity contribution is 5.97. The van der Waals surface area contributed by atoms with E-state index in [1.807, 2.05) is 36.4 Å². The molecule has 2 unspecified atom stereocenters. The van der Waals surface area contributed by atoms with Crippen molar-refractivity contribution < 1.29 is 19.8 Å². The summed E-state index contributed by atoms with van der Waals surface area (Å²) in [6, 6.07) is 25.0. The topological polar surface area (TPSA) is 84.3 Å². The Morgan fingerprint density at radius 1 is 0.897 bits per heavy atom. The molecule has 4 atom stereocenters. The Labute approximate surface area is 230 Å². The zero-order valence-corrected chi connectivity index (χ0v) is 22.6. The molecule has 0 bridgehead atoms. The Bertz CT molecular complexity index is 1310. The summed E-state index contributed by atoms with van der Waals surface area (Å²) in [6.45, 7) is 7.53. The number of carbonyl (C=O) groups is 2. The summed E-state index contributed by atoms with van der Waals surface area (Å²) >= 11 is 0. The van der Waals surface area contributed by atoms with Crippen molar-refractivity contribution in [1.29, 1.82) is 0 Å². The first-order valence-electron chi connectivity index (χ1n) is 13.8. The zero-order valence-electron chi connectivity index (χ0n) is 22.6. The fourth-order valence-corrected chi connectivity index (χ4v) is 6.17. The maximum absolute atomic E-state index is 13.4. The molecule has 2 fully saturated rings. The van der Waals surface area contributed by atoms with Crippen LogP contribution in [0.1, 0.15) is 59.8 Å². The molecule has 204 valence electrons. The van der Waals surface area contributed by atoms with Gasteiger partial charge in [0.05, 0.1) is 6.04 Å². The number of phenols is 1. The van der Waals surface area contributed by atoms with Crippen LogP contribution in [-0.4, -0.2) is 74.5 Å². The zero-order chi connectivity index (χ0) is 27.5. The maximum atomic E-state index is 13.4. The number of carboxylic acids is 1. The van der Waals surface area contributed by atoms with E-state index in [0.717, 1.165) is 30.8 Å². The first-order chi connectivity index (χ1) is 18.8. The Balaban J connectivity index is 1.45. The normalized spacial score (nSPS) is 23.0. The third kappa shape index (κ3) is 5.84. The molecule has 3 aromatic rings. The minimum Gasteiger partial charge on any atom is -0.508 e. The molecule has 2 saturated heterocycles. The van der Waals surface area contributed by atoms with Crippen molar-refractivity contribution in [3.63, 3.8) is 0 Å². The van der Waals surface area contributed by atoms with E-state index in [1.165, 1.54) is 10.5 Å². The van der Waals surface area contributed by atoms with Crippen molar-refractivity contribution in [2.24, 2.45) is 0 Å². The van der Waals surface area contributed by atoms with Crippen LogP contribution in [0.25, 0.3) is 0 Å². The van der Waals surface area contributed by atoms with E-state index in [1.54, 1.807) is 18.2 Å². The summed E-state index contributed by atoms with van der Waals surface area (Å²) in [5.74, 6) is -0.995. The molecular weight excluding hydrogens is 490 g/mol. The van der Waals surface area contributed by atoms with Crippen LogP contribution in [0.2, 0.25) is 0 Å². The van der Waals surface area contributed by atoms with E-state index in [2.05, 4.69) is 47.9 Å². The van der Waals surface area contributed by atoms with Gasteiger partial charge in [0.1, 0.15) is 11.8 Å². The van der Waals surface area contributed by atoms with Gasteiger partial charge >= 0.3 is 5.97 Å². The SMILES string of the molecule is C[C@@H]1CN(C(c2cccc(O)c2)c2cccc(C(=O)N3CCCC3C(=O)O)c2)[C@H](C)CN1Cc1ccccc1. The van der Waals surface area contributed by atoms with Gasteiger partial charge in [0.2, 0.25) is 0 Å². The lowest BCUT2D eigenvalue weighted by molar-refractivity contribution is -0.141. The summed E-state index contributed by atoms with van der Waals surface area (Å²) in [7, 11) is 0. The summed E-state index contributed by atoms with van der Waals surface area (Å²) in [4.78, 5) is 31.6. The molecule has 39 heavy (non-hydrogen) atoms. The largest absolute Gasteiger partial charge is 0.508 e. The summed E-state index contributed by atoms with van der Waals surface area (Å²) in [5.41, 5.74) is 3.70. The van der Waals surface area contributed by atoms with Gasteiger partial charge in [-0.25, -0.2) is 4.79 Å². The first kappa shape index (κ1) is 26.9. The first-order valence-corrected chi connectivity index (χ1v) is 13.8. The molecule has 0 aliphatic carbocycles. The lowest BCUT2D eigenvalue weighted by Crippen LogP contribution is -2.56. The van der Waals surface area contributed by atoms with Gasteiger partial charge in [0.25, 0.3) is 5.91 Å². The van der Waals surface area contributed by atoms with E-state index in [4.69, 9.17) is 0 Å². The molecule has 2 aliphatic heterocycles. The highest BCUT2D eigenvalue weighted by atomic mass is 16.4. The van der Waals surface area contributed by atoms with E-state index in [9.17, 15) is 19.8 Å². The van der Waals surface area contributed by atoms with Gasteiger partial charge in [-0.15, -0.1) is 0 Å². The number of amides is 1. The second kappa shape index (κ2) is 11.6. The van der Waals surface area contributed by atoms with E-state index >= 15 is 0 Å². The average Bonchev–Trinajstić information content (AvgIpc) is 3.43. The highest BCUT2D eigenvalue weighted by Crippen LogP contribution is 2.35. The number of nitrogens with zero attached hydrogens (tertiary/aromatic N) is 3. The number of hydrogen-bond acceptors (Lipinski definition) is 5. The van der Waals surface area contributed by atoms with Crippen LogP contribution >= 0.6 is 0 Å². The molecule has 1 amide bonds. The molecular formula is C32H37N3O4. The van der Waals surface area contributed by atoms with Crippen LogP contribution in [0, 0.1) is 0 Å². The van der Waals surface area contributed by atoms with E-state index in [0.29, 0.717) is 31.0 Å². The number of likely N-dealkylation sites (tertiary alicyclic amines) is 1. The number of aliphatic carboxylic acids is 1. The van der Waals surface area contributed by atoms with Crippen molar-refractivity contribution in [3.8, 4) is 5.75 Å². The minimum atomic E-state index is -0.953. The molecule has 2 N–H and O–H groups in total. The van der Waals surface area contributed by atoms with Crippen LogP contribution in [0.5, 0.6) is 5.75 Å². The number of hydrogen-bond donors (Lipinski definition) is 2. The van der Waals surface area contributed by atoms with Crippen LogP contribution < -0.4 is 0 Å². The minimum absolute atomic E-state index is 0.171. The van der Waals surface area contributed by atoms with Crippen molar-refractivity contribution in [1.82, 2.24) is 14.7 Å². The number of phenolic OH excluding ortho intramolecular Hbond substituents is 1. The van der Waals surface area contributed by atoms with Gasteiger partial charge in [-0.2, -0.15) is 0 Å². The van der Waals surface area contributed by atoms with Crippen molar-refractivity contribution in [2.75, 3.05) is 19.6 Å². The lowest BCUT2D eigenvalue weighted by Gasteiger charge is -2.47. The molecule has 0 saturated carbocycles. The van der Waals surface area contributed by atoms with E-state index < -0.39 is 12.0 Å². The van der Waals surface area contributed by atoms with Crippen LogP contribution in [0.4, 0.5) is 0 Å². The molecule has 2 aliphatic rings. The number of aromatic hydroxyl groups is 1. The molecule has 7 nitrogen and oxygen atoms in total. The summed E-state index contributed by atoms with van der Waals surface area (Å²) < 4.78 is 0. The van der Waals surface area contributed by atoms with Crippen LogP contribution in [0.3, 0.4) is 0 Å². The molecule has 2 heterocycles. The number of carboxylic acid groups (broad SMARTS) is 1. The van der Waals surface area contributed by atoms with Crippen molar-refractivity contribution in [2.45, 2.75) is 57.4 Å². The summed E-state index contributed by atoms with van der Waals surface area (Å²) in [5, 5.41) is 20.0. The van der Waals surface area contributed by atoms with Crippen LogP contribution in [-0.2, 0) is 11.3 Å². The smallest absolute Gasteiger partial charge is 0.326 e. The standard InChI is InChI=1S/C32H37N3O4/c1-22-20-35(23(2)19-33(22)21-24-9-4-3-5-10-24)30(26-12-7-14-28(36)18-26)25-11-6-13-27(17-25)31(37)34-16-8-15-29(34)32(38)39/h3-7,9-14,17-18,22-23,29-30,36H,8,15-16,19-21H2,1-2H3,(H,38,39)/t22-,23-,29?,30?/m1/s1. The Morgan fingerprint density at radius 2 is 1.62 bits per heavy atom. The summed E-state index contributed by atoms with van der Waals surface area (Å²) in [6.07, 6.45) is 1.17. The van der Waals surface area contributed by atoms with Gasteiger partial charge in [-0.05, 0) is 67.6 Å². The number of benzene rings is 3. The number of rotatable bonds is 7. The predicted octanol–water partition coefficient (Wildman–Crippen LogP) is 4.77. The fourth-order valence-electron chi connectivity index (χ4n) is 6.17. The third-order valence-electron chi connectivity index (χ3n) is 8.16. The van der Waals surface area contributed by atoms with Gasteiger partial charge in [-0.1, -0.05) is 54.6 Å². The molecule has 3 aromatic carbocycles. The molecule has 0 radical (unpaired) electrons. The Hall–Kier alpha value is -3.68. The second-order valence-corrected chi connectivity index (χ2v) is 10.9. The third-order valence-corrected chi connectivity index (χ3v) is 8.16. The van der Waals surface area contributed by atoms with Crippen molar-refractivity contribution >= 4 is 11.9 Å². The lowest BCUT2D eigenvalue weighted by atomic mass is 9.92. The average molecular weight is 528 g/mol. The van der Waals surface area contributed by atoms with Gasteiger partial charge < -0.3 is 15.1 Å². The molecule has 7 heteroatoms. The van der Waals surface area contributed by atoms with Crippen molar-refractivity contribution in [3.05, 3.63) is 101 Å². The molecule has 0 spiro atoms. The predicted molar refractivity (Wildman–Crippen MR) is 151 cm³/mol. The van der Waals surface area contributed by atoms with Gasteiger partial charge in [0.15, 0.2) is 0 Å². The number of piperazine rings is 1. The maximum Gasteiger partial charge on any atom is 0.326 e. The van der Waals surface area contributed by atoms with Crippen LogP contribution in [0.15, 0.2) is 78.9 Å². The Morgan fingerprint density at radius 3 is 2.33 bits per heavy atom. The van der Waals surface area contributed by atoms with Gasteiger partial charge in [-0.3, -0.25) is 14.6 Å². The second-order valence-electron chi connectivity index (χ2n) is 10.9. The highest BCUT2D eigenvalue weighted by Gasteiger charge is 2.37. The Kier molecular flexibility index (Phi) is 8.00. The number of carbonyl (C=O) groups excluding carboxylic acids is 1. The van der Waals surface area contributed by atoms with E-state index in [-0.39, 0.29) is 23.7 Å².